The summed E-state index contributed by atoms with van der Waals surface area (Å²) in [4.78, 5) is 36.4. The average molecular weight is 809 g/mol. The van der Waals surface area contributed by atoms with Gasteiger partial charge in [0.1, 0.15) is 17.3 Å². The topological polar surface area (TPSA) is 101 Å². The molecule has 0 saturated carbocycles. The van der Waals surface area contributed by atoms with Gasteiger partial charge in [-0.1, -0.05) is 39.0 Å². The third-order valence-corrected chi connectivity index (χ3v) is 9.99. The Morgan fingerprint density at radius 1 is 0.980 bits per heavy atom. The largest absolute Gasteiger partial charge is 0.336 e. The van der Waals surface area contributed by atoms with E-state index in [-0.39, 0.29) is 16.4 Å². The highest BCUT2D eigenvalue weighted by molar-refractivity contribution is 14.2. The van der Waals surface area contributed by atoms with Crippen molar-refractivity contribution < 1.29 is 4.39 Å². The summed E-state index contributed by atoms with van der Waals surface area (Å²) in [6, 6.07) is 15.6. The van der Waals surface area contributed by atoms with Gasteiger partial charge in [-0.15, -0.1) is 9.80 Å². The fraction of sp³-hybridized carbons (Fsp3) is 0.378. The van der Waals surface area contributed by atoms with E-state index in [0.29, 0.717) is 51.5 Å². The zero-order chi connectivity index (χ0) is 35.9. The number of hydrogen-bond donors (Lipinski definition) is 2. The minimum absolute atomic E-state index is 0.0105. The van der Waals surface area contributed by atoms with Crippen molar-refractivity contribution in [2.75, 3.05) is 25.5 Å². The molecule has 7 rings (SSSR count). The van der Waals surface area contributed by atoms with Crippen LogP contribution in [0, 0.1) is 12.7 Å². The molecule has 3 aromatic heterocycles. The van der Waals surface area contributed by atoms with E-state index < -0.39 is 11.4 Å². The summed E-state index contributed by atoms with van der Waals surface area (Å²) in [7, 11) is 7.33. The lowest BCUT2D eigenvalue weighted by Crippen LogP contribution is -2.51. The standard InChI is InChI=1S/C37H41FN8O2.HIS/c1-22-28(8-7-9-32(22)46-36(48)34-24(18-40-46)14-25(15-29(34)38)37(2,3)4)30-16-31(35(47)44(6)42-30)41-33-13-10-23(17-39-33)19-45-20-26-11-12-27(21-45)43(26)5;1-2/h7-10,13-18,26-27H,11-12,19-21H2,1-6H3,(H,39,41);2H. The van der Waals surface area contributed by atoms with Crippen molar-refractivity contribution in [2.45, 2.75) is 64.6 Å². The number of thiol groups is 1. The van der Waals surface area contributed by atoms with Crippen LogP contribution in [-0.2, 0) is 19.0 Å². The molecule has 0 aliphatic carbocycles. The fourth-order valence-electron chi connectivity index (χ4n) is 7.12. The quantitative estimate of drug-likeness (QED) is 0.147. The number of hydrogen-bond acceptors (Lipinski definition) is 9. The highest BCUT2D eigenvalue weighted by atomic mass is 127. The molecule has 2 aliphatic rings. The molecule has 262 valence electrons. The third kappa shape index (κ3) is 7.10. The normalized spacial score (nSPS) is 17.9. The van der Waals surface area contributed by atoms with Crippen LogP contribution in [0.3, 0.4) is 0 Å². The summed E-state index contributed by atoms with van der Waals surface area (Å²) >= 11 is 1.84. The first kappa shape index (κ1) is 36.1. The number of likely N-dealkylation sites (tertiary alicyclic amines) is 1. The molecule has 1 N–H and O–H groups in total. The Balaban J connectivity index is 0.00000212. The predicted molar refractivity (Wildman–Crippen MR) is 210 cm³/mol. The van der Waals surface area contributed by atoms with E-state index >= 15 is 4.39 Å². The van der Waals surface area contributed by atoms with Crippen molar-refractivity contribution in [3.05, 3.63) is 104 Å². The van der Waals surface area contributed by atoms with Crippen LogP contribution in [-0.4, -0.2) is 66.6 Å². The van der Waals surface area contributed by atoms with Crippen LogP contribution in [0.4, 0.5) is 15.9 Å². The molecule has 13 heteroatoms. The van der Waals surface area contributed by atoms with Gasteiger partial charge in [0.25, 0.3) is 11.1 Å². The maximum atomic E-state index is 15.4. The van der Waals surface area contributed by atoms with Crippen LogP contribution in [0.25, 0.3) is 27.7 Å². The number of aryl methyl sites for hydroxylation is 1. The number of nitrogens with zero attached hydrogens (tertiary/aromatic N) is 7. The summed E-state index contributed by atoms with van der Waals surface area (Å²) in [6.07, 6.45) is 5.93. The zero-order valence-corrected chi connectivity index (χ0v) is 32.2. The summed E-state index contributed by atoms with van der Waals surface area (Å²) in [6.45, 7) is 10.8. The fourth-order valence-corrected chi connectivity index (χ4v) is 7.12. The Bertz CT molecular complexity index is 2150. The molecule has 5 heterocycles. The lowest BCUT2D eigenvalue weighted by atomic mass is 9.86. The van der Waals surface area contributed by atoms with Gasteiger partial charge >= 0.3 is 0 Å². The van der Waals surface area contributed by atoms with E-state index in [9.17, 15) is 9.59 Å². The molecule has 2 saturated heterocycles. The van der Waals surface area contributed by atoms with Gasteiger partial charge in [-0.2, -0.15) is 14.9 Å². The molecular formula is C37H42FIN8O2S. The van der Waals surface area contributed by atoms with Gasteiger partial charge in [0.15, 0.2) is 0 Å². The second-order valence-corrected chi connectivity index (χ2v) is 14.3. The molecule has 5 aromatic rings. The van der Waals surface area contributed by atoms with E-state index in [4.69, 9.17) is 0 Å². The minimum atomic E-state index is -0.573. The Labute approximate surface area is 308 Å². The summed E-state index contributed by atoms with van der Waals surface area (Å²) in [5.74, 6) is -0.0174. The van der Waals surface area contributed by atoms with Gasteiger partial charge in [0, 0.05) is 55.9 Å². The summed E-state index contributed by atoms with van der Waals surface area (Å²) in [5.41, 5.74) is 3.54. The first-order valence-corrected chi connectivity index (χ1v) is 19.8. The van der Waals surface area contributed by atoms with Crippen LogP contribution in [0.5, 0.6) is 0 Å². The maximum Gasteiger partial charge on any atom is 0.290 e. The molecule has 2 aromatic carbocycles. The first-order chi connectivity index (χ1) is 23.9. The second-order valence-electron chi connectivity index (χ2n) is 14.3. The van der Waals surface area contributed by atoms with Crippen molar-refractivity contribution >= 4 is 53.3 Å². The lowest BCUT2D eigenvalue weighted by Gasteiger charge is -2.38. The van der Waals surface area contributed by atoms with Crippen LogP contribution in [0.15, 0.2) is 70.5 Å². The van der Waals surface area contributed by atoms with Gasteiger partial charge in [-0.25, -0.2) is 14.1 Å². The number of piperazine rings is 1. The SMILES string of the molecule is Cc1c(-c2cc(Nc3ccc(CN4CC5CCC(C4)N5C)cn3)c(=O)n(C)n2)cccc1-n1ncc2cc(C(C)(C)C)cc(F)c2c1=O.SI. The Morgan fingerprint density at radius 2 is 1.70 bits per heavy atom. The van der Waals surface area contributed by atoms with Crippen molar-refractivity contribution in [1.29, 1.82) is 0 Å². The number of rotatable bonds is 6. The molecule has 2 fully saturated rings. The number of nitrogens with one attached hydrogen (secondary N) is 1. The Morgan fingerprint density at radius 3 is 2.36 bits per heavy atom. The van der Waals surface area contributed by atoms with Gasteiger partial charge in [-0.05, 0) is 100 Å². The van der Waals surface area contributed by atoms with Crippen LogP contribution >= 0.6 is 31.0 Å². The van der Waals surface area contributed by atoms with Crippen LogP contribution in [0.2, 0.25) is 0 Å². The number of benzene rings is 2. The van der Waals surface area contributed by atoms with Crippen molar-refractivity contribution in [3.8, 4) is 16.9 Å². The van der Waals surface area contributed by atoms with Crippen LogP contribution in [0.1, 0.15) is 50.3 Å². The summed E-state index contributed by atoms with van der Waals surface area (Å²) in [5, 5.41) is 12.6. The predicted octanol–water partition coefficient (Wildman–Crippen LogP) is 6.57. The first-order valence-electron chi connectivity index (χ1n) is 16.6. The van der Waals surface area contributed by atoms with Crippen molar-refractivity contribution in [2.24, 2.45) is 7.05 Å². The number of fused-ring (bicyclic) bond motifs is 3. The molecule has 0 amide bonds. The number of aromatic nitrogens is 5. The monoisotopic (exact) mass is 808 g/mol. The van der Waals surface area contributed by atoms with E-state index in [0.717, 1.165) is 30.8 Å². The number of halogens is 2. The molecule has 0 spiro atoms. The summed E-state index contributed by atoms with van der Waals surface area (Å²) < 4.78 is 17.9. The van der Waals surface area contributed by atoms with E-state index in [1.807, 2.05) is 73.3 Å². The third-order valence-electron chi connectivity index (χ3n) is 9.99. The van der Waals surface area contributed by atoms with E-state index in [1.54, 1.807) is 25.2 Å². The number of anilines is 2. The molecule has 10 nitrogen and oxygen atoms in total. The van der Waals surface area contributed by atoms with Crippen molar-refractivity contribution in [3.63, 3.8) is 0 Å². The molecule has 2 atom stereocenters. The van der Waals surface area contributed by atoms with Crippen molar-refractivity contribution in [1.82, 2.24) is 34.3 Å². The number of pyridine rings is 1. The Kier molecular flexibility index (Phi) is 10.5. The smallest absolute Gasteiger partial charge is 0.290 e. The average Bonchev–Trinajstić information content (AvgIpc) is 3.28. The lowest BCUT2D eigenvalue weighted by molar-refractivity contribution is 0.0837. The van der Waals surface area contributed by atoms with Crippen LogP contribution < -0.4 is 16.4 Å². The molecule has 50 heavy (non-hydrogen) atoms. The molecule has 2 bridgehead atoms. The zero-order valence-electron chi connectivity index (χ0n) is 29.1. The molecule has 2 aliphatic heterocycles. The van der Waals surface area contributed by atoms with Gasteiger partial charge < -0.3 is 5.32 Å². The van der Waals surface area contributed by atoms with E-state index in [2.05, 4.69) is 53.2 Å². The van der Waals surface area contributed by atoms with Gasteiger partial charge in [0.05, 0.1) is 23.0 Å². The minimum Gasteiger partial charge on any atom is -0.336 e. The second kappa shape index (κ2) is 14.5. The number of likely N-dealkylation sites (N-methyl/N-ethyl adjacent to an activating group) is 1. The maximum absolute atomic E-state index is 15.4. The molecule has 2 unspecified atom stereocenters. The Hall–Kier alpha value is -3.66. The van der Waals surface area contributed by atoms with E-state index in [1.165, 1.54) is 34.5 Å². The highest BCUT2D eigenvalue weighted by Crippen LogP contribution is 2.31. The highest BCUT2D eigenvalue weighted by Gasteiger charge is 2.37. The van der Waals surface area contributed by atoms with Gasteiger partial charge in [-0.3, -0.25) is 19.4 Å². The molecule has 0 radical (unpaired) electrons. The van der Waals surface area contributed by atoms with Gasteiger partial charge in [0.2, 0.25) is 0 Å². The molecular weight excluding hydrogens is 766 g/mol.